The van der Waals surface area contributed by atoms with Crippen LogP contribution in [0.3, 0.4) is 0 Å². The fourth-order valence-electron chi connectivity index (χ4n) is 3.08. The van der Waals surface area contributed by atoms with Crippen LogP contribution in [0.4, 0.5) is 13.2 Å². The Morgan fingerprint density at radius 3 is 2.81 bits per heavy atom. The standard InChI is InChI=1S/C18H14F3N3O2/c1-26-15-4-2-3-10-6-13(7-14(10)15)24-17(25)12-5-11(8-22)16(23-9-12)18(19,20)21/h2-5,9,13H,6-7H2,1H3,(H,24,25). The molecule has 1 aromatic heterocycles. The number of nitriles is 1. The maximum atomic E-state index is 12.8. The van der Waals surface area contributed by atoms with Crippen molar-refractivity contribution in [3.8, 4) is 11.8 Å². The van der Waals surface area contributed by atoms with Crippen molar-refractivity contribution in [3.05, 3.63) is 58.4 Å². The molecular formula is C18H14F3N3O2. The van der Waals surface area contributed by atoms with E-state index in [1.807, 2.05) is 18.2 Å². The number of hydrogen-bond donors (Lipinski definition) is 1. The predicted molar refractivity (Wildman–Crippen MR) is 85.6 cm³/mol. The summed E-state index contributed by atoms with van der Waals surface area (Å²) in [5, 5.41) is 11.7. The van der Waals surface area contributed by atoms with Gasteiger partial charge in [-0.05, 0) is 36.1 Å². The summed E-state index contributed by atoms with van der Waals surface area (Å²) in [6, 6.07) is 7.78. The number of carbonyl (C=O) groups is 1. The van der Waals surface area contributed by atoms with Gasteiger partial charge in [0.2, 0.25) is 0 Å². The molecule has 134 valence electrons. The Morgan fingerprint density at radius 1 is 1.38 bits per heavy atom. The molecule has 0 aliphatic heterocycles. The summed E-state index contributed by atoms with van der Waals surface area (Å²) in [5.41, 5.74) is -0.00461. The van der Waals surface area contributed by atoms with E-state index in [0.29, 0.717) is 12.8 Å². The van der Waals surface area contributed by atoms with Crippen LogP contribution in [0, 0.1) is 11.3 Å². The van der Waals surface area contributed by atoms with E-state index < -0.39 is 23.3 Å². The number of carbonyl (C=O) groups excluding carboxylic acids is 1. The first-order valence-electron chi connectivity index (χ1n) is 7.76. The van der Waals surface area contributed by atoms with Crippen molar-refractivity contribution < 1.29 is 22.7 Å². The largest absolute Gasteiger partial charge is 0.496 e. The Labute approximate surface area is 147 Å². The van der Waals surface area contributed by atoms with Crippen LogP contribution in [0.2, 0.25) is 0 Å². The monoisotopic (exact) mass is 361 g/mol. The van der Waals surface area contributed by atoms with Gasteiger partial charge in [0.05, 0.1) is 18.2 Å². The molecule has 5 nitrogen and oxygen atoms in total. The van der Waals surface area contributed by atoms with Gasteiger partial charge in [-0.1, -0.05) is 12.1 Å². The minimum atomic E-state index is -4.75. The lowest BCUT2D eigenvalue weighted by atomic mass is 10.1. The number of fused-ring (bicyclic) bond motifs is 1. The molecule has 0 radical (unpaired) electrons. The number of hydrogen-bond acceptors (Lipinski definition) is 4. The van der Waals surface area contributed by atoms with Crippen molar-refractivity contribution in [1.29, 1.82) is 5.26 Å². The van der Waals surface area contributed by atoms with Gasteiger partial charge >= 0.3 is 6.18 Å². The summed E-state index contributed by atoms with van der Waals surface area (Å²) in [4.78, 5) is 15.6. The number of rotatable bonds is 3. The van der Waals surface area contributed by atoms with Gasteiger partial charge in [-0.3, -0.25) is 4.79 Å². The number of aromatic nitrogens is 1. The predicted octanol–water partition coefficient (Wildman–Crippen LogP) is 2.88. The number of halogens is 3. The smallest absolute Gasteiger partial charge is 0.434 e. The lowest BCUT2D eigenvalue weighted by Gasteiger charge is -2.13. The number of pyridine rings is 1. The first-order chi connectivity index (χ1) is 12.3. The minimum Gasteiger partial charge on any atom is -0.496 e. The van der Waals surface area contributed by atoms with E-state index >= 15 is 0 Å². The van der Waals surface area contributed by atoms with Crippen LogP contribution in [0.15, 0.2) is 30.5 Å². The van der Waals surface area contributed by atoms with Crippen molar-refractivity contribution in [3.63, 3.8) is 0 Å². The molecular weight excluding hydrogens is 347 g/mol. The van der Waals surface area contributed by atoms with Crippen LogP contribution in [0.5, 0.6) is 5.75 Å². The minimum absolute atomic E-state index is 0.0857. The molecule has 1 aliphatic rings. The quantitative estimate of drug-likeness (QED) is 0.912. The normalized spacial score (nSPS) is 15.9. The highest BCUT2D eigenvalue weighted by Crippen LogP contribution is 2.31. The zero-order chi connectivity index (χ0) is 18.9. The second-order valence-electron chi connectivity index (χ2n) is 5.91. The van der Waals surface area contributed by atoms with Gasteiger partial charge < -0.3 is 10.1 Å². The zero-order valence-corrected chi connectivity index (χ0v) is 13.7. The third kappa shape index (κ3) is 3.33. The van der Waals surface area contributed by atoms with Crippen molar-refractivity contribution in [1.82, 2.24) is 10.3 Å². The highest BCUT2D eigenvalue weighted by Gasteiger charge is 2.36. The molecule has 3 rings (SSSR count). The molecule has 0 saturated heterocycles. The van der Waals surface area contributed by atoms with E-state index in [1.165, 1.54) is 6.07 Å². The van der Waals surface area contributed by atoms with Gasteiger partial charge in [-0.15, -0.1) is 0 Å². The Kier molecular flexibility index (Phi) is 4.55. The van der Waals surface area contributed by atoms with Crippen molar-refractivity contribution >= 4 is 5.91 Å². The fraction of sp³-hybridized carbons (Fsp3) is 0.278. The third-order valence-corrected chi connectivity index (χ3v) is 4.24. The van der Waals surface area contributed by atoms with Gasteiger partial charge in [0, 0.05) is 12.2 Å². The maximum Gasteiger partial charge on any atom is 0.434 e. The number of nitrogens with zero attached hydrogens (tertiary/aromatic N) is 2. The first-order valence-corrected chi connectivity index (χ1v) is 7.76. The summed E-state index contributed by atoms with van der Waals surface area (Å²) in [5.74, 6) is 0.168. The maximum absolute atomic E-state index is 12.8. The van der Waals surface area contributed by atoms with Crippen LogP contribution in [-0.2, 0) is 19.0 Å². The molecule has 1 aliphatic carbocycles. The van der Waals surface area contributed by atoms with Crippen LogP contribution in [-0.4, -0.2) is 24.0 Å². The second-order valence-corrected chi connectivity index (χ2v) is 5.91. The summed E-state index contributed by atoms with van der Waals surface area (Å²) < 4.78 is 43.7. The number of nitrogens with one attached hydrogen (secondary N) is 1. The molecule has 0 fully saturated rings. The number of methoxy groups -OCH3 is 1. The van der Waals surface area contributed by atoms with E-state index in [4.69, 9.17) is 10.00 Å². The van der Waals surface area contributed by atoms with Crippen molar-refractivity contribution in [2.75, 3.05) is 7.11 Å². The molecule has 1 aromatic carbocycles. The molecule has 0 bridgehead atoms. The second kappa shape index (κ2) is 6.67. The van der Waals surface area contributed by atoms with Gasteiger partial charge in [-0.25, -0.2) is 4.98 Å². The Balaban J connectivity index is 1.77. The number of benzene rings is 1. The number of amides is 1. The van der Waals surface area contributed by atoms with Gasteiger partial charge in [0.25, 0.3) is 5.91 Å². The fourth-order valence-corrected chi connectivity index (χ4v) is 3.08. The molecule has 1 amide bonds. The van der Waals surface area contributed by atoms with Gasteiger partial charge in [-0.2, -0.15) is 18.4 Å². The zero-order valence-electron chi connectivity index (χ0n) is 13.7. The number of alkyl halides is 3. The van der Waals surface area contributed by atoms with E-state index in [9.17, 15) is 18.0 Å². The summed E-state index contributed by atoms with van der Waals surface area (Å²) in [6.45, 7) is 0. The molecule has 1 atom stereocenters. The number of ether oxygens (including phenoxy) is 1. The van der Waals surface area contributed by atoms with E-state index in [2.05, 4.69) is 10.3 Å². The molecule has 0 spiro atoms. The topological polar surface area (TPSA) is 75.0 Å². The lowest BCUT2D eigenvalue weighted by molar-refractivity contribution is -0.141. The van der Waals surface area contributed by atoms with Crippen LogP contribution < -0.4 is 10.1 Å². The molecule has 1 N–H and O–H groups in total. The van der Waals surface area contributed by atoms with Crippen molar-refractivity contribution in [2.24, 2.45) is 0 Å². The SMILES string of the molecule is COc1cccc2c1CC(NC(=O)c1cnc(C(F)(F)F)c(C#N)c1)C2. The third-order valence-electron chi connectivity index (χ3n) is 4.24. The first kappa shape index (κ1) is 17.7. The highest BCUT2D eigenvalue weighted by molar-refractivity contribution is 5.94. The molecule has 1 heterocycles. The van der Waals surface area contributed by atoms with E-state index in [0.717, 1.165) is 29.1 Å². The molecule has 26 heavy (non-hydrogen) atoms. The summed E-state index contributed by atoms with van der Waals surface area (Å²) in [7, 11) is 1.57. The van der Waals surface area contributed by atoms with Crippen LogP contribution in [0.1, 0.15) is 32.7 Å². The van der Waals surface area contributed by atoms with Gasteiger partial charge in [0.1, 0.15) is 11.8 Å². The van der Waals surface area contributed by atoms with Crippen molar-refractivity contribution in [2.45, 2.75) is 25.1 Å². The summed E-state index contributed by atoms with van der Waals surface area (Å²) in [6.07, 6.45) is -2.76. The Bertz CT molecular complexity index is 904. The highest BCUT2D eigenvalue weighted by atomic mass is 19.4. The summed E-state index contributed by atoms with van der Waals surface area (Å²) >= 11 is 0. The average molecular weight is 361 g/mol. The molecule has 1 unspecified atom stereocenters. The van der Waals surface area contributed by atoms with Gasteiger partial charge in [0.15, 0.2) is 5.69 Å². The lowest BCUT2D eigenvalue weighted by Crippen LogP contribution is -2.35. The average Bonchev–Trinajstić information content (AvgIpc) is 3.02. The van der Waals surface area contributed by atoms with E-state index in [1.54, 1.807) is 7.11 Å². The Hall–Kier alpha value is -3.08. The van der Waals surface area contributed by atoms with E-state index in [-0.39, 0.29) is 11.6 Å². The molecule has 0 saturated carbocycles. The Morgan fingerprint density at radius 2 is 2.15 bits per heavy atom. The van der Waals surface area contributed by atoms with Crippen LogP contribution in [0.25, 0.3) is 0 Å². The molecule has 2 aromatic rings. The molecule has 8 heteroatoms. The van der Waals surface area contributed by atoms with Crippen LogP contribution >= 0.6 is 0 Å².